The van der Waals surface area contributed by atoms with Crippen LogP contribution in [0.25, 0.3) is 0 Å². The van der Waals surface area contributed by atoms with Gasteiger partial charge in [0.2, 0.25) is 0 Å². The van der Waals surface area contributed by atoms with E-state index in [0.29, 0.717) is 18.7 Å². The summed E-state index contributed by atoms with van der Waals surface area (Å²) in [5.41, 5.74) is 0.696. The molecule has 21 heavy (non-hydrogen) atoms. The van der Waals surface area contributed by atoms with Crippen LogP contribution in [0.2, 0.25) is 0 Å². The molecular weight excluding hydrogens is 334 g/mol. The summed E-state index contributed by atoms with van der Waals surface area (Å²) < 4.78 is 2.91. The van der Waals surface area contributed by atoms with E-state index in [2.05, 4.69) is 27.8 Å². The van der Waals surface area contributed by atoms with Crippen molar-refractivity contribution < 1.29 is 9.90 Å². The van der Waals surface area contributed by atoms with Crippen molar-refractivity contribution in [2.75, 3.05) is 27.2 Å². The summed E-state index contributed by atoms with van der Waals surface area (Å²) in [7, 11) is 3.98. The van der Waals surface area contributed by atoms with Crippen molar-refractivity contribution in [3.63, 3.8) is 0 Å². The number of carbonyl (C=O) groups excluding carboxylic acids is 1. The molecule has 1 saturated heterocycles. The van der Waals surface area contributed by atoms with Crippen LogP contribution in [-0.2, 0) is 6.54 Å². The molecule has 1 aliphatic rings. The lowest BCUT2D eigenvalue weighted by Gasteiger charge is -2.27. The standard InChI is InChI=1S/C15H24BrN3O2/c1-4-5-18-8-11(16)6-14(18)15(21)19-10-13(20)7-12(19)9-17(2)3/h6,8,12-13,20H,4-5,7,9-10H2,1-3H3. The lowest BCUT2D eigenvalue weighted by atomic mass is 10.2. The van der Waals surface area contributed by atoms with Crippen LogP contribution in [-0.4, -0.2) is 64.7 Å². The molecule has 2 rings (SSSR count). The average molecular weight is 358 g/mol. The highest BCUT2D eigenvalue weighted by Crippen LogP contribution is 2.24. The molecule has 0 bridgehead atoms. The topological polar surface area (TPSA) is 48.7 Å². The Morgan fingerprint density at radius 2 is 2.24 bits per heavy atom. The molecule has 1 N–H and O–H groups in total. The number of carbonyl (C=O) groups is 1. The predicted octanol–water partition coefficient (Wildman–Crippen LogP) is 1.80. The van der Waals surface area contributed by atoms with Gasteiger partial charge in [0.05, 0.1) is 6.10 Å². The first kappa shape index (κ1) is 16.5. The Morgan fingerprint density at radius 1 is 1.52 bits per heavy atom. The summed E-state index contributed by atoms with van der Waals surface area (Å²) in [4.78, 5) is 16.7. The molecule has 0 saturated carbocycles. The number of nitrogens with zero attached hydrogens (tertiary/aromatic N) is 3. The van der Waals surface area contributed by atoms with Crippen LogP contribution in [0.1, 0.15) is 30.3 Å². The molecule has 0 spiro atoms. The van der Waals surface area contributed by atoms with Crippen LogP contribution >= 0.6 is 15.9 Å². The fourth-order valence-electron chi connectivity index (χ4n) is 2.96. The third-order valence-electron chi connectivity index (χ3n) is 3.78. The van der Waals surface area contributed by atoms with Crippen molar-refractivity contribution >= 4 is 21.8 Å². The first-order valence-corrected chi connectivity index (χ1v) is 8.21. The summed E-state index contributed by atoms with van der Waals surface area (Å²) in [5.74, 6) is 0.0116. The highest BCUT2D eigenvalue weighted by molar-refractivity contribution is 9.10. The fourth-order valence-corrected chi connectivity index (χ4v) is 3.43. The molecule has 1 fully saturated rings. The van der Waals surface area contributed by atoms with Crippen LogP contribution in [0, 0.1) is 0 Å². The van der Waals surface area contributed by atoms with Crippen LogP contribution in [0.15, 0.2) is 16.7 Å². The van der Waals surface area contributed by atoms with E-state index >= 15 is 0 Å². The Kier molecular flexibility index (Phi) is 5.46. The summed E-state index contributed by atoms with van der Waals surface area (Å²) in [5, 5.41) is 9.93. The Hall–Kier alpha value is -0.850. The second-order valence-corrected chi connectivity index (χ2v) is 6.92. The number of halogens is 1. The van der Waals surface area contributed by atoms with Crippen molar-refractivity contribution in [1.29, 1.82) is 0 Å². The van der Waals surface area contributed by atoms with Gasteiger partial charge < -0.3 is 19.5 Å². The molecule has 2 atom stereocenters. The lowest BCUT2D eigenvalue weighted by Crippen LogP contribution is -2.42. The van der Waals surface area contributed by atoms with E-state index in [1.165, 1.54) is 0 Å². The number of hydrogen-bond donors (Lipinski definition) is 1. The molecule has 1 aliphatic heterocycles. The van der Waals surface area contributed by atoms with Gasteiger partial charge in [0.1, 0.15) is 5.69 Å². The predicted molar refractivity (Wildman–Crippen MR) is 86.4 cm³/mol. The zero-order valence-corrected chi connectivity index (χ0v) is 14.5. The highest BCUT2D eigenvalue weighted by Gasteiger charge is 2.35. The van der Waals surface area contributed by atoms with Crippen molar-refractivity contribution in [3.05, 3.63) is 22.4 Å². The third kappa shape index (κ3) is 3.87. The van der Waals surface area contributed by atoms with Gasteiger partial charge in [0, 0.05) is 36.3 Å². The van der Waals surface area contributed by atoms with Gasteiger partial charge in [-0.25, -0.2) is 0 Å². The number of rotatable bonds is 5. The number of likely N-dealkylation sites (tertiary alicyclic amines) is 1. The number of aliphatic hydroxyl groups excluding tert-OH is 1. The van der Waals surface area contributed by atoms with Crippen molar-refractivity contribution in [2.45, 2.75) is 38.5 Å². The molecule has 2 heterocycles. The summed E-state index contributed by atoms with van der Waals surface area (Å²) >= 11 is 3.45. The quantitative estimate of drug-likeness (QED) is 0.873. The van der Waals surface area contributed by atoms with E-state index in [4.69, 9.17) is 0 Å². The van der Waals surface area contributed by atoms with Gasteiger partial charge in [-0.1, -0.05) is 6.92 Å². The number of amides is 1. The molecule has 0 aromatic carbocycles. The van der Waals surface area contributed by atoms with Gasteiger partial charge in [-0.15, -0.1) is 0 Å². The molecule has 1 aromatic heterocycles. The van der Waals surface area contributed by atoms with Crippen molar-refractivity contribution in [3.8, 4) is 0 Å². The van der Waals surface area contributed by atoms with E-state index in [0.717, 1.165) is 24.0 Å². The fraction of sp³-hybridized carbons (Fsp3) is 0.667. The van der Waals surface area contributed by atoms with Crippen molar-refractivity contribution in [2.24, 2.45) is 0 Å². The van der Waals surface area contributed by atoms with Gasteiger partial charge in [-0.2, -0.15) is 0 Å². The number of aliphatic hydroxyl groups is 1. The maximum atomic E-state index is 12.8. The van der Waals surface area contributed by atoms with E-state index < -0.39 is 6.10 Å². The Bertz CT molecular complexity index is 501. The Morgan fingerprint density at radius 3 is 2.86 bits per heavy atom. The highest BCUT2D eigenvalue weighted by atomic mass is 79.9. The summed E-state index contributed by atoms with van der Waals surface area (Å²) in [6.45, 7) is 4.11. The van der Waals surface area contributed by atoms with Gasteiger partial charge in [-0.05, 0) is 48.9 Å². The molecule has 6 heteroatoms. The first-order chi connectivity index (χ1) is 9.92. The number of aryl methyl sites for hydroxylation is 1. The first-order valence-electron chi connectivity index (χ1n) is 7.41. The van der Waals surface area contributed by atoms with E-state index in [-0.39, 0.29) is 11.9 Å². The van der Waals surface area contributed by atoms with Crippen LogP contribution in [0.3, 0.4) is 0 Å². The molecule has 1 amide bonds. The molecule has 118 valence electrons. The normalized spacial score (nSPS) is 22.3. The zero-order valence-electron chi connectivity index (χ0n) is 12.9. The van der Waals surface area contributed by atoms with E-state index in [1.54, 1.807) is 0 Å². The number of likely N-dealkylation sites (N-methyl/N-ethyl adjacent to an activating group) is 1. The minimum absolute atomic E-state index is 0.0116. The smallest absolute Gasteiger partial charge is 0.270 e. The largest absolute Gasteiger partial charge is 0.391 e. The minimum atomic E-state index is -0.420. The van der Waals surface area contributed by atoms with Crippen LogP contribution in [0.4, 0.5) is 0 Å². The Balaban J connectivity index is 2.21. The Labute approximate surface area is 134 Å². The molecule has 0 aliphatic carbocycles. The maximum absolute atomic E-state index is 12.8. The molecule has 1 aromatic rings. The number of hydrogen-bond acceptors (Lipinski definition) is 3. The van der Waals surface area contributed by atoms with Gasteiger partial charge >= 0.3 is 0 Å². The molecule has 0 radical (unpaired) electrons. The molecule has 5 nitrogen and oxygen atoms in total. The zero-order chi connectivity index (χ0) is 15.6. The molecular formula is C15H24BrN3O2. The van der Waals surface area contributed by atoms with E-state index in [1.807, 2.05) is 35.8 Å². The molecule has 2 unspecified atom stereocenters. The van der Waals surface area contributed by atoms with Crippen LogP contribution in [0.5, 0.6) is 0 Å². The van der Waals surface area contributed by atoms with Gasteiger partial charge in [0.15, 0.2) is 0 Å². The summed E-state index contributed by atoms with van der Waals surface area (Å²) in [6, 6.07) is 1.95. The van der Waals surface area contributed by atoms with Crippen LogP contribution < -0.4 is 0 Å². The monoisotopic (exact) mass is 357 g/mol. The third-order valence-corrected chi connectivity index (χ3v) is 4.21. The summed E-state index contributed by atoms with van der Waals surface area (Å²) in [6.07, 6.45) is 3.16. The second kappa shape index (κ2) is 6.94. The SMILES string of the molecule is CCCn1cc(Br)cc1C(=O)N1CC(O)CC1CN(C)C. The number of aromatic nitrogens is 1. The van der Waals surface area contributed by atoms with Crippen molar-refractivity contribution in [1.82, 2.24) is 14.4 Å². The minimum Gasteiger partial charge on any atom is -0.391 e. The van der Waals surface area contributed by atoms with E-state index in [9.17, 15) is 9.90 Å². The maximum Gasteiger partial charge on any atom is 0.270 e. The number of β-amino-alcohol motifs (C(OH)–C–C–N with tert-alkyl or cyclic N) is 1. The van der Waals surface area contributed by atoms with Gasteiger partial charge in [-0.3, -0.25) is 4.79 Å². The lowest BCUT2D eigenvalue weighted by molar-refractivity contribution is 0.0688. The average Bonchev–Trinajstić information content (AvgIpc) is 2.92. The second-order valence-electron chi connectivity index (χ2n) is 6.00. The van der Waals surface area contributed by atoms with Gasteiger partial charge in [0.25, 0.3) is 5.91 Å².